The van der Waals surface area contributed by atoms with Crippen LogP contribution in [0.5, 0.6) is 0 Å². The van der Waals surface area contributed by atoms with E-state index in [1.807, 2.05) is 24.3 Å². The maximum atomic E-state index is 12.6. The number of likely N-dealkylation sites (N-methyl/N-ethyl adjacent to an activating group) is 1. The summed E-state index contributed by atoms with van der Waals surface area (Å²) in [6.07, 6.45) is 0.350. The number of fused-ring (bicyclic) bond motifs is 3. The van der Waals surface area contributed by atoms with Gasteiger partial charge in [0.15, 0.2) is 0 Å². The molecule has 0 bridgehead atoms. The van der Waals surface area contributed by atoms with E-state index in [1.165, 1.54) is 22.3 Å². The number of ether oxygens (including phenoxy) is 1. The molecule has 28 heavy (non-hydrogen) atoms. The van der Waals surface area contributed by atoms with E-state index in [4.69, 9.17) is 4.74 Å². The fourth-order valence-corrected chi connectivity index (χ4v) is 4.33. The molecule has 0 radical (unpaired) electrons. The van der Waals surface area contributed by atoms with Gasteiger partial charge < -0.3 is 20.1 Å². The molecule has 1 saturated heterocycles. The summed E-state index contributed by atoms with van der Waals surface area (Å²) >= 11 is 0. The molecule has 0 aromatic heterocycles. The molecule has 6 nitrogen and oxygen atoms in total. The number of hydrogen-bond donors (Lipinski definition) is 2. The van der Waals surface area contributed by atoms with Crippen LogP contribution < -0.4 is 5.32 Å². The van der Waals surface area contributed by atoms with Gasteiger partial charge in [-0.25, -0.2) is 4.79 Å². The molecule has 2 aromatic rings. The molecule has 6 heteroatoms. The first-order valence-corrected chi connectivity index (χ1v) is 9.58. The fraction of sp³-hybridized carbons (Fsp3) is 0.364. The Hall–Kier alpha value is -2.86. The molecule has 1 heterocycles. The highest BCUT2D eigenvalue weighted by Gasteiger charge is 2.41. The van der Waals surface area contributed by atoms with Crippen LogP contribution in [0.2, 0.25) is 0 Å². The predicted molar refractivity (Wildman–Crippen MR) is 105 cm³/mol. The monoisotopic (exact) mass is 380 g/mol. The van der Waals surface area contributed by atoms with Crippen LogP contribution in [0, 0.1) is 0 Å². The van der Waals surface area contributed by atoms with Crippen molar-refractivity contribution >= 4 is 12.1 Å². The van der Waals surface area contributed by atoms with E-state index in [1.54, 1.807) is 11.9 Å². The Kier molecular flexibility index (Phi) is 4.81. The number of benzene rings is 2. The van der Waals surface area contributed by atoms with E-state index < -0.39 is 11.5 Å². The van der Waals surface area contributed by atoms with Crippen LogP contribution in [-0.2, 0) is 9.53 Å². The molecule has 2 aliphatic rings. The number of carboxylic acid groups (broad SMARTS) is 1. The largest absolute Gasteiger partial charge is 0.480 e. The molecule has 4 rings (SSSR count). The molecule has 2 aromatic carbocycles. The average Bonchev–Trinajstić information content (AvgIpc) is 3.06. The molecule has 0 spiro atoms. The van der Waals surface area contributed by atoms with Crippen LogP contribution in [0.15, 0.2) is 48.5 Å². The molecule has 0 unspecified atom stereocenters. The van der Waals surface area contributed by atoms with E-state index in [-0.39, 0.29) is 18.6 Å². The van der Waals surface area contributed by atoms with Crippen LogP contribution in [0.4, 0.5) is 4.79 Å². The number of carboxylic acids is 1. The van der Waals surface area contributed by atoms with Crippen molar-refractivity contribution in [2.75, 3.05) is 26.7 Å². The number of piperidine rings is 1. The topological polar surface area (TPSA) is 78.9 Å². The lowest BCUT2D eigenvalue weighted by Crippen LogP contribution is -2.58. The van der Waals surface area contributed by atoms with E-state index in [0.717, 1.165) is 0 Å². The van der Waals surface area contributed by atoms with Crippen LogP contribution in [0.3, 0.4) is 0 Å². The molecular formula is C22H24N2O4. The Morgan fingerprint density at radius 1 is 1.07 bits per heavy atom. The number of hydrogen-bond acceptors (Lipinski definition) is 4. The predicted octanol–water partition coefficient (Wildman–Crippen LogP) is 3.07. The summed E-state index contributed by atoms with van der Waals surface area (Å²) in [5.74, 6) is -0.848. The van der Waals surface area contributed by atoms with Gasteiger partial charge >= 0.3 is 12.1 Å². The van der Waals surface area contributed by atoms with Gasteiger partial charge in [0.1, 0.15) is 12.1 Å². The Balaban J connectivity index is 1.43. The summed E-state index contributed by atoms with van der Waals surface area (Å²) in [7, 11) is 1.65. The number of carbonyl (C=O) groups is 2. The van der Waals surface area contributed by atoms with Crippen molar-refractivity contribution in [3.05, 3.63) is 59.7 Å². The van der Waals surface area contributed by atoms with E-state index in [0.29, 0.717) is 25.9 Å². The zero-order chi connectivity index (χ0) is 19.7. The van der Waals surface area contributed by atoms with Gasteiger partial charge in [-0.15, -0.1) is 0 Å². The van der Waals surface area contributed by atoms with Crippen molar-refractivity contribution in [1.29, 1.82) is 0 Å². The first kappa shape index (κ1) is 18.5. The first-order valence-electron chi connectivity index (χ1n) is 9.58. The number of nitrogens with one attached hydrogen (secondary N) is 1. The lowest BCUT2D eigenvalue weighted by atomic mass is 9.88. The fourth-order valence-electron chi connectivity index (χ4n) is 4.33. The van der Waals surface area contributed by atoms with Crippen molar-refractivity contribution in [2.24, 2.45) is 0 Å². The number of amides is 1. The van der Waals surface area contributed by atoms with Crippen LogP contribution >= 0.6 is 0 Å². The third-order valence-electron chi connectivity index (χ3n) is 6.10. The van der Waals surface area contributed by atoms with Crippen molar-refractivity contribution in [1.82, 2.24) is 10.2 Å². The summed E-state index contributed by atoms with van der Waals surface area (Å²) < 4.78 is 5.66. The summed E-state index contributed by atoms with van der Waals surface area (Å²) in [5, 5.41) is 12.3. The summed E-state index contributed by atoms with van der Waals surface area (Å²) in [4.78, 5) is 25.7. The highest BCUT2D eigenvalue weighted by atomic mass is 16.6. The molecule has 146 valence electrons. The lowest BCUT2D eigenvalue weighted by Gasteiger charge is -2.38. The zero-order valence-corrected chi connectivity index (χ0v) is 15.9. The van der Waals surface area contributed by atoms with E-state index >= 15 is 0 Å². The SMILES string of the molecule is CNC1(C(=O)O)CCN(C(=O)OCC2c3ccccc3-c3ccccc32)CC1. The van der Waals surface area contributed by atoms with Gasteiger partial charge in [0.2, 0.25) is 0 Å². The molecule has 1 fully saturated rings. The number of nitrogens with zero attached hydrogens (tertiary/aromatic N) is 1. The Morgan fingerprint density at radius 2 is 1.61 bits per heavy atom. The van der Waals surface area contributed by atoms with Gasteiger partial charge in [0.05, 0.1) is 0 Å². The highest BCUT2D eigenvalue weighted by molar-refractivity contribution is 5.80. The van der Waals surface area contributed by atoms with Gasteiger partial charge in [0, 0.05) is 19.0 Å². The van der Waals surface area contributed by atoms with Gasteiger partial charge in [-0.05, 0) is 42.1 Å². The molecule has 0 saturated carbocycles. The molecule has 1 aliphatic heterocycles. The quantitative estimate of drug-likeness (QED) is 0.852. The van der Waals surface area contributed by atoms with Gasteiger partial charge in [-0.3, -0.25) is 4.79 Å². The summed E-state index contributed by atoms with van der Waals surface area (Å²) in [6, 6.07) is 16.4. The van der Waals surface area contributed by atoms with E-state index in [2.05, 4.69) is 29.6 Å². The molecule has 0 atom stereocenters. The summed E-state index contributed by atoms with van der Waals surface area (Å²) in [5.41, 5.74) is 3.78. The molecule has 1 aliphatic carbocycles. The average molecular weight is 380 g/mol. The highest BCUT2D eigenvalue weighted by Crippen LogP contribution is 2.44. The Labute approximate surface area is 164 Å². The van der Waals surface area contributed by atoms with Crippen molar-refractivity contribution in [3.8, 4) is 11.1 Å². The number of carbonyl (C=O) groups excluding carboxylic acids is 1. The molecule has 2 N–H and O–H groups in total. The standard InChI is InChI=1S/C22H24N2O4/c1-23-22(20(25)26)10-12-24(13-11-22)21(27)28-14-19-17-8-4-2-6-15(17)16-7-3-5-9-18(16)19/h2-9,19,23H,10-14H2,1H3,(H,25,26). The third-order valence-corrected chi connectivity index (χ3v) is 6.10. The van der Waals surface area contributed by atoms with Crippen LogP contribution in [-0.4, -0.2) is 54.4 Å². The maximum absolute atomic E-state index is 12.6. The number of rotatable bonds is 4. The third kappa shape index (κ3) is 3.03. The minimum Gasteiger partial charge on any atom is -0.480 e. The second-order valence-corrected chi connectivity index (χ2v) is 7.43. The van der Waals surface area contributed by atoms with Crippen LogP contribution in [0.1, 0.15) is 29.9 Å². The zero-order valence-electron chi connectivity index (χ0n) is 15.9. The minimum atomic E-state index is -0.958. The minimum absolute atomic E-state index is 0.0246. The van der Waals surface area contributed by atoms with Crippen molar-refractivity contribution in [2.45, 2.75) is 24.3 Å². The smallest absolute Gasteiger partial charge is 0.409 e. The van der Waals surface area contributed by atoms with E-state index in [9.17, 15) is 14.7 Å². The second-order valence-electron chi connectivity index (χ2n) is 7.43. The lowest BCUT2D eigenvalue weighted by molar-refractivity contribution is -0.146. The second kappa shape index (κ2) is 7.28. The normalized spacial score (nSPS) is 17.7. The first-order chi connectivity index (χ1) is 13.6. The van der Waals surface area contributed by atoms with Crippen LogP contribution in [0.25, 0.3) is 11.1 Å². The number of likely N-dealkylation sites (tertiary alicyclic amines) is 1. The number of aliphatic carboxylic acids is 1. The summed E-state index contributed by atoms with van der Waals surface area (Å²) in [6.45, 7) is 1.01. The van der Waals surface area contributed by atoms with Gasteiger partial charge in [0.25, 0.3) is 0 Å². The van der Waals surface area contributed by atoms with Crippen molar-refractivity contribution < 1.29 is 19.4 Å². The molecule has 1 amide bonds. The maximum Gasteiger partial charge on any atom is 0.409 e. The van der Waals surface area contributed by atoms with Gasteiger partial charge in [-0.2, -0.15) is 0 Å². The molecular weight excluding hydrogens is 356 g/mol. The van der Waals surface area contributed by atoms with Gasteiger partial charge in [-0.1, -0.05) is 48.5 Å². The Morgan fingerprint density at radius 3 is 2.11 bits per heavy atom. The van der Waals surface area contributed by atoms with Crippen molar-refractivity contribution in [3.63, 3.8) is 0 Å². The Bertz CT molecular complexity index is 857.